The largest absolute Gasteiger partial charge is 0.306 e. The normalized spacial score (nSPS) is 11.8. The van der Waals surface area contributed by atoms with Gasteiger partial charge in [0.15, 0.2) is 5.01 Å². The fourth-order valence-corrected chi connectivity index (χ4v) is 2.18. The van der Waals surface area contributed by atoms with E-state index in [4.69, 9.17) is 0 Å². The smallest absolute Gasteiger partial charge is 0.166 e. The third kappa shape index (κ3) is 3.58. The van der Waals surface area contributed by atoms with Crippen molar-refractivity contribution in [1.29, 1.82) is 0 Å². The van der Waals surface area contributed by atoms with Crippen LogP contribution >= 0.6 is 11.3 Å². The van der Waals surface area contributed by atoms with Crippen molar-refractivity contribution in [2.24, 2.45) is 0 Å². The summed E-state index contributed by atoms with van der Waals surface area (Å²) in [6, 6.07) is 5.94. The summed E-state index contributed by atoms with van der Waals surface area (Å²) in [4.78, 5) is 4.45. The van der Waals surface area contributed by atoms with E-state index in [0.717, 1.165) is 27.9 Å². The molecule has 18 heavy (non-hydrogen) atoms. The van der Waals surface area contributed by atoms with Crippen LogP contribution < -0.4 is 5.32 Å². The van der Waals surface area contributed by atoms with Gasteiger partial charge in [0.05, 0.1) is 6.54 Å². The van der Waals surface area contributed by atoms with Gasteiger partial charge in [-0.3, -0.25) is 4.98 Å². The van der Waals surface area contributed by atoms with E-state index in [2.05, 4.69) is 41.3 Å². The van der Waals surface area contributed by atoms with Crippen molar-refractivity contribution in [3.05, 3.63) is 28.9 Å². The predicted octanol–water partition coefficient (Wildman–Crippen LogP) is 2.80. The Kier molecular flexibility index (Phi) is 3.73. The summed E-state index contributed by atoms with van der Waals surface area (Å²) in [5.41, 5.74) is 1.99. The average Bonchev–Trinajstić information content (AvgIpc) is 2.74. The van der Waals surface area contributed by atoms with Crippen molar-refractivity contribution < 1.29 is 0 Å². The lowest BCUT2D eigenvalue weighted by Gasteiger charge is -2.19. The molecule has 1 N–H and O–H groups in total. The molecule has 5 heteroatoms. The van der Waals surface area contributed by atoms with Crippen LogP contribution in [0.3, 0.4) is 0 Å². The number of aromatic nitrogens is 3. The maximum atomic E-state index is 4.45. The van der Waals surface area contributed by atoms with E-state index in [0.29, 0.717) is 0 Å². The summed E-state index contributed by atoms with van der Waals surface area (Å²) in [5.74, 6) is 0. The lowest BCUT2D eigenvalue weighted by atomic mass is 10.1. The van der Waals surface area contributed by atoms with Gasteiger partial charge >= 0.3 is 0 Å². The highest BCUT2D eigenvalue weighted by molar-refractivity contribution is 7.14. The minimum Gasteiger partial charge on any atom is -0.306 e. The van der Waals surface area contributed by atoms with Gasteiger partial charge in [-0.15, -0.1) is 10.2 Å². The molecule has 0 saturated carbocycles. The quantitative estimate of drug-likeness (QED) is 0.924. The molecule has 0 saturated heterocycles. The lowest BCUT2D eigenvalue weighted by Crippen LogP contribution is -2.35. The summed E-state index contributed by atoms with van der Waals surface area (Å²) in [6.07, 6.45) is 0. The molecule has 2 aromatic rings. The zero-order chi connectivity index (χ0) is 13.2. The molecule has 0 radical (unpaired) electrons. The molecule has 96 valence electrons. The third-order valence-electron chi connectivity index (χ3n) is 2.34. The monoisotopic (exact) mass is 262 g/mol. The van der Waals surface area contributed by atoms with Gasteiger partial charge in [-0.2, -0.15) is 0 Å². The van der Waals surface area contributed by atoms with Gasteiger partial charge in [0.25, 0.3) is 0 Å². The Bertz CT molecular complexity index is 528. The zero-order valence-electron chi connectivity index (χ0n) is 11.2. The first kappa shape index (κ1) is 13.1. The van der Waals surface area contributed by atoms with Gasteiger partial charge in [-0.1, -0.05) is 17.4 Å². The summed E-state index contributed by atoms with van der Waals surface area (Å²) < 4.78 is 0. The Balaban J connectivity index is 2.11. The van der Waals surface area contributed by atoms with Gasteiger partial charge in [-0.05, 0) is 39.8 Å². The molecule has 0 aliphatic heterocycles. The van der Waals surface area contributed by atoms with Crippen LogP contribution in [-0.2, 0) is 6.54 Å². The van der Waals surface area contributed by atoms with Crippen LogP contribution in [0.25, 0.3) is 10.7 Å². The number of hydrogen-bond acceptors (Lipinski definition) is 5. The van der Waals surface area contributed by atoms with Crippen LogP contribution in [0.4, 0.5) is 0 Å². The standard InChI is InChI=1S/C13H18N4S/c1-9-6-5-7-10(15-9)12-17-16-11(18-12)8-14-13(2,3)4/h5-7,14H,8H2,1-4H3. The van der Waals surface area contributed by atoms with E-state index < -0.39 is 0 Å². The SMILES string of the molecule is Cc1cccc(-c2nnc(CNC(C)(C)C)s2)n1. The molecule has 0 aliphatic carbocycles. The van der Waals surface area contributed by atoms with E-state index in [1.807, 2.05) is 25.1 Å². The molecule has 0 fully saturated rings. The lowest BCUT2D eigenvalue weighted by molar-refractivity contribution is 0.423. The van der Waals surface area contributed by atoms with Crippen molar-refractivity contribution in [2.75, 3.05) is 0 Å². The fourth-order valence-electron chi connectivity index (χ4n) is 1.43. The Hall–Kier alpha value is -1.33. The summed E-state index contributed by atoms with van der Waals surface area (Å²) in [6.45, 7) is 9.13. The Morgan fingerprint density at radius 1 is 1.22 bits per heavy atom. The molecule has 0 unspecified atom stereocenters. The van der Waals surface area contributed by atoms with E-state index in [1.54, 1.807) is 11.3 Å². The number of nitrogens with zero attached hydrogens (tertiary/aromatic N) is 3. The highest BCUT2D eigenvalue weighted by Crippen LogP contribution is 2.21. The molecule has 0 aromatic carbocycles. The molecule has 0 aliphatic rings. The van der Waals surface area contributed by atoms with Gasteiger partial charge in [0.2, 0.25) is 0 Å². The Morgan fingerprint density at radius 3 is 2.67 bits per heavy atom. The van der Waals surface area contributed by atoms with Crippen molar-refractivity contribution in [3.63, 3.8) is 0 Å². The number of hydrogen-bond donors (Lipinski definition) is 1. The maximum Gasteiger partial charge on any atom is 0.166 e. The molecule has 2 rings (SSSR count). The molecular weight excluding hydrogens is 244 g/mol. The first-order valence-electron chi connectivity index (χ1n) is 5.95. The van der Waals surface area contributed by atoms with Crippen molar-refractivity contribution in [2.45, 2.75) is 39.8 Å². The maximum absolute atomic E-state index is 4.45. The molecule has 0 amide bonds. The minimum atomic E-state index is 0.0907. The molecular formula is C13H18N4S. The Labute approximate surface area is 111 Å². The summed E-state index contributed by atoms with van der Waals surface area (Å²) in [7, 11) is 0. The zero-order valence-corrected chi connectivity index (χ0v) is 12.0. The number of rotatable bonds is 3. The Morgan fingerprint density at radius 2 is 2.00 bits per heavy atom. The third-order valence-corrected chi connectivity index (χ3v) is 3.29. The van der Waals surface area contributed by atoms with Gasteiger partial charge in [-0.25, -0.2) is 0 Å². The molecule has 2 heterocycles. The average molecular weight is 262 g/mol. The van der Waals surface area contributed by atoms with E-state index in [-0.39, 0.29) is 5.54 Å². The fraction of sp³-hybridized carbons (Fsp3) is 0.462. The second-order valence-electron chi connectivity index (χ2n) is 5.27. The van der Waals surface area contributed by atoms with E-state index >= 15 is 0 Å². The van der Waals surface area contributed by atoms with Crippen LogP contribution in [0, 0.1) is 6.92 Å². The molecule has 0 atom stereocenters. The van der Waals surface area contributed by atoms with Crippen LogP contribution in [-0.4, -0.2) is 20.7 Å². The molecule has 0 bridgehead atoms. The van der Waals surface area contributed by atoms with Crippen LogP contribution in [0.15, 0.2) is 18.2 Å². The highest BCUT2D eigenvalue weighted by Gasteiger charge is 2.12. The predicted molar refractivity (Wildman–Crippen MR) is 74.5 cm³/mol. The second-order valence-corrected chi connectivity index (χ2v) is 6.33. The van der Waals surface area contributed by atoms with E-state index in [9.17, 15) is 0 Å². The molecule has 2 aromatic heterocycles. The number of nitrogens with one attached hydrogen (secondary N) is 1. The molecule has 0 spiro atoms. The molecule has 4 nitrogen and oxygen atoms in total. The van der Waals surface area contributed by atoms with Crippen LogP contribution in [0.2, 0.25) is 0 Å². The second kappa shape index (κ2) is 5.12. The number of pyridine rings is 1. The van der Waals surface area contributed by atoms with Gasteiger partial charge in [0.1, 0.15) is 10.7 Å². The minimum absolute atomic E-state index is 0.0907. The van der Waals surface area contributed by atoms with Gasteiger partial charge < -0.3 is 5.32 Å². The number of aryl methyl sites for hydroxylation is 1. The van der Waals surface area contributed by atoms with Crippen LogP contribution in [0.1, 0.15) is 31.5 Å². The highest BCUT2D eigenvalue weighted by atomic mass is 32.1. The summed E-state index contributed by atoms with van der Waals surface area (Å²) >= 11 is 1.59. The first-order chi connectivity index (χ1) is 8.44. The van der Waals surface area contributed by atoms with Gasteiger partial charge in [0, 0.05) is 11.2 Å². The van der Waals surface area contributed by atoms with Crippen molar-refractivity contribution in [1.82, 2.24) is 20.5 Å². The topological polar surface area (TPSA) is 50.7 Å². The van der Waals surface area contributed by atoms with E-state index in [1.165, 1.54) is 0 Å². The first-order valence-corrected chi connectivity index (χ1v) is 6.77. The van der Waals surface area contributed by atoms with Crippen molar-refractivity contribution >= 4 is 11.3 Å². The van der Waals surface area contributed by atoms with Crippen LogP contribution in [0.5, 0.6) is 0 Å². The van der Waals surface area contributed by atoms with Crippen molar-refractivity contribution in [3.8, 4) is 10.7 Å². The summed E-state index contributed by atoms with van der Waals surface area (Å²) in [5, 5.41) is 13.7.